The van der Waals surface area contributed by atoms with Gasteiger partial charge in [0.2, 0.25) is 0 Å². The second-order valence-electron chi connectivity index (χ2n) is 6.15. The van der Waals surface area contributed by atoms with Crippen LogP contribution in [0.3, 0.4) is 0 Å². The number of benzene rings is 2. The summed E-state index contributed by atoms with van der Waals surface area (Å²) in [4.78, 5) is 23.4. The maximum Gasteiger partial charge on any atom is 0.341 e. The number of hydrogen-bond donors (Lipinski definition) is 2. The lowest BCUT2D eigenvalue weighted by molar-refractivity contribution is -0.139. The number of rotatable bonds is 7. The van der Waals surface area contributed by atoms with Gasteiger partial charge in [0.05, 0.1) is 12.6 Å². The highest BCUT2D eigenvalue weighted by Gasteiger charge is 2.26. The summed E-state index contributed by atoms with van der Waals surface area (Å²) in [5.74, 6) is -0.702. The van der Waals surface area contributed by atoms with Crippen LogP contribution in [0.2, 0.25) is 5.02 Å². The smallest absolute Gasteiger partial charge is 0.341 e. The molecule has 0 aliphatic heterocycles. The van der Waals surface area contributed by atoms with Crippen LogP contribution in [-0.4, -0.2) is 30.2 Å². The maximum absolute atomic E-state index is 12.7. The lowest BCUT2D eigenvalue weighted by Gasteiger charge is -2.16. The molecule has 0 saturated carbocycles. The molecule has 2 N–H and O–H groups in total. The predicted octanol–water partition coefficient (Wildman–Crippen LogP) is 3.62. The molecule has 0 aromatic heterocycles. The average Bonchev–Trinajstić information content (AvgIpc) is 3.05. The number of carbonyl (C=O) groups excluding carboxylic acids is 1. The summed E-state index contributed by atoms with van der Waals surface area (Å²) in [5.41, 5.74) is 2.54. The van der Waals surface area contributed by atoms with E-state index in [1.165, 1.54) is 0 Å². The summed E-state index contributed by atoms with van der Waals surface area (Å²) in [5, 5.41) is 12.5. The Hall–Kier alpha value is -2.73. The Morgan fingerprint density at radius 3 is 2.78 bits per heavy atom. The van der Waals surface area contributed by atoms with Crippen molar-refractivity contribution in [1.82, 2.24) is 5.32 Å². The minimum Gasteiger partial charge on any atom is -0.490 e. The molecule has 6 nitrogen and oxygen atoms in total. The highest BCUT2D eigenvalue weighted by atomic mass is 35.5. The Labute approximate surface area is 162 Å². The van der Waals surface area contributed by atoms with E-state index in [1.807, 2.05) is 18.2 Å². The zero-order valence-corrected chi connectivity index (χ0v) is 15.6. The van der Waals surface area contributed by atoms with E-state index in [4.69, 9.17) is 26.2 Å². The van der Waals surface area contributed by atoms with Crippen LogP contribution in [0.5, 0.6) is 11.5 Å². The molecule has 27 heavy (non-hydrogen) atoms. The van der Waals surface area contributed by atoms with Crippen molar-refractivity contribution >= 4 is 23.5 Å². The van der Waals surface area contributed by atoms with Gasteiger partial charge in [0.15, 0.2) is 18.1 Å². The van der Waals surface area contributed by atoms with Crippen LogP contribution in [0.4, 0.5) is 0 Å². The minimum absolute atomic E-state index is 0.0929. The highest BCUT2D eigenvalue weighted by Crippen LogP contribution is 2.36. The molecule has 0 heterocycles. The van der Waals surface area contributed by atoms with Gasteiger partial charge in [-0.3, -0.25) is 4.79 Å². The SMILES string of the molecule is CCOc1cc(C(=O)NC2CCc3c(Cl)cccc32)ccc1OCC(=O)O. The molecule has 0 radical (unpaired) electrons. The van der Waals surface area contributed by atoms with Gasteiger partial charge >= 0.3 is 5.97 Å². The molecule has 2 aromatic carbocycles. The fourth-order valence-electron chi connectivity index (χ4n) is 3.18. The van der Waals surface area contributed by atoms with Gasteiger partial charge in [0.1, 0.15) is 0 Å². The predicted molar refractivity (Wildman–Crippen MR) is 101 cm³/mol. The lowest BCUT2D eigenvalue weighted by Crippen LogP contribution is -2.27. The molecule has 0 bridgehead atoms. The molecule has 0 saturated heterocycles. The van der Waals surface area contributed by atoms with E-state index in [-0.39, 0.29) is 17.7 Å². The molecule has 1 aliphatic rings. The first kappa shape index (κ1) is 19.0. The summed E-state index contributed by atoms with van der Waals surface area (Å²) in [6.45, 7) is 1.68. The van der Waals surface area contributed by atoms with E-state index in [1.54, 1.807) is 25.1 Å². The summed E-state index contributed by atoms with van der Waals surface area (Å²) < 4.78 is 10.7. The number of nitrogens with one attached hydrogen (secondary N) is 1. The van der Waals surface area contributed by atoms with E-state index in [9.17, 15) is 9.59 Å². The average molecular weight is 390 g/mol. The van der Waals surface area contributed by atoms with E-state index >= 15 is 0 Å². The third-order valence-corrected chi connectivity index (χ3v) is 4.73. The summed E-state index contributed by atoms with van der Waals surface area (Å²) >= 11 is 6.23. The van der Waals surface area contributed by atoms with Crippen LogP contribution < -0.4 is 14.8 Å². The van der Waals surface area contributed by atoms with Crippen LogP contribution in [0.1, 0.15) is 40.9 Å². The van der Waals surface area contributed by atoms with Gasteiger partial charge in [-0.1, -0.05) is 23.7 Å². The van der Waals surface area contributed by atoms with Crippen LogP contribution in [0, 0.1) is 0 Å². The molecule has 1 amide bonds. The van der Waals surface area contributed by atoms with Gasteiger partial charge in [-0.25, -0.2) is 4.79 Å². The fraction of sp³-hybridized carbons (Fsp3) is 0.300. The van der Waals surface area contributed by atoms with Crippen molar-refractivity contribution < 1.29 is 24.2 Å². The number of carboxylic acid groups (broad SMARTS) is 1. The zero-order valence-electron chi connectivity index (χ0n) is 14.8. The number of carbonyl (C=O) groups is 2. The molecular formula is C20H20ClNO5. The van der Waals surface area contributed by atoms with Crippen LogP contribution >= 0.6 is 11.6 Å². The quantitative estimate of drug-likeness (QED) is 0.755. The van der Waals surface area contributed by atoms with Crippen molar-refractivity contribution in [3.63, 3.8) is 0 Å². The summed E-state index contributed by atoms with van der Waals surface area (Å²) in [6.07, 6.45) is 1.62. The molecule has 1 atom stereocenters. The van der Waals surface area contributed by atoms with Crippen molar-refractivity contribution in [1.29, 1.82) is 0 Å². The normalized spacial score (nSPS) is 15.1. The molecule has 7 heteroatoms. The van der Waals surface area contributed by atoms with Crippen molar-refractivity contribution in [3.8, 4) is 11.5 Å². The van der Waals surface area contributed by atoms with Crippen molar-refractivity contribution in [2.24, 2.45) is 0 Å². The number of ether oxygens (including phenoxy) is 2. The summed E-state index contributed by atoms with van der Waals surface area (Å²) in [6, 6.07) is 10.3. The second-order valence-corrected chi connectivity index (χ2v) is 6.56. The van der Waals surface area contributed by atoms with Crippen LogP contribution in [-0.2, 0) is 11.2 Å². The molecule has 0 fully saturated rings. The Balaban J connectivity index is 1.76. The molecule has 2 aromatic rings. The van der Waals surface area contributed by atoms with E-state index in [0.717, 1.165) is 29.0 Å². The van der Waals surface area contributed by atoms with E-state index < -0.39 is 12.6 Å². The van der Waals surface area contributed by atoms with E-state index in [0.29, 0.717) is 17.9 Å². The fourth-order valence-corrected chi connectivity index (χ4v) is 3.45. The van der Waals surface area contributed by atoms with Gasteiger partial charge in [-0.15, -0.1) is 0 Å². The first-order chi connectivity index (χ1) is 13.0. The minimum atomic E-state index is -1.09. The number of halogens is 1. The second kappa shape index (κ2) is 8.31. The van der Waals surface area contributed by atoms with Gasteiger partial charge in [-0.05, 0) is 55.2 Å². The molecular weight excluding hydrogens is 370 g/mol. The van der Waals surface area contributed by atoms with Crippen LogP contribution in [0.15, 0.2) is 36.4 Å². The van der Waals surface area contributed by atoms with E-state index in [2.05, 4.69) is 5.32 Å². The number of carboxylic acids is 1. The van der Waals surface area contributed by atoms with Crippen molar-refractivity contribution in [2.75, 3.05) is 13.2 Å². The van der Waals surface area contributed by atoms with Gasteiger partial charge in [-0.2, -0.15) is 0 Å². The number of amides is 1. The van der Waals surface area contributed by atoms with Crippen molar-refractivity contribution in [2.45, 2.75) is 25.8 Å². The molecule has 1 aliphatic carbocycles. The third-order valence-electron chi connectivity index (χ3n) is 4.38. The van der Waals surface area contributed by atoms with Crippen LogP contribution in [0.25, 0.3) is 0 Å². The lowest BCUT2D eigenvalue weighted by atomic mass is 10.1. The first-order valence-corrected chi connectivity index (χ1v) is 9.07. The number of hydrogen-bond acceptors (Lipinski definition) is 4. The first-order valence-electron chi connectivity index (χ1n) is 8.69. The zero-order chi connectivity index (χ0) is 19.4. The van der Waals surface area contributed by atoms with Gasteiger partial charge < -0.3 is 19.9 Å². The molecule has 0 spiro atoms. The van der Waals surface area contributed by atoms with Gasteiger partial charge in [0, 0.05) is 10.6 Å². The Morgan fingerprint density at radius 2 is 2.04 bits per heavy atom. The standard InChI is InChI=1S/C20H20ClNO5/c1-2-26-18-10-12(6-9-17(18)27-11-19(23)24)20(25)22-16-8-7-13-14(16)4-3-5-15(13)21/h3-6,9-10,16H,2,7-8,11H2,1H3,(H,22,25)(H,23,24). The maximum atomic E-state index is 12.7. The monoisotopic (exact) mass is 389 g/mol. The Kier molecular flexibility index (Phi) is 5.86. The van der Waals surface area contributed by atoms with Crippen molar-refractivity contribution in [3.05, 3.63) is 58.1 Å². The summed E-state index contributed by atoms with van der Waals surface area (Å²) in [7, 11) is 0. The number of aliphatic carboxylic acids is 1. The molecule has 1 unspecified atom stereocenters. The molecule has 142 valence electrons. The highest BCUT2D eigenvalue weighted by molar-refractivity contribution is 6.31. The Morgan fingerprint density at radius 1 is 1.22 bits per heavy atom. The largest absolute Gasteiger partial charge is 0.490 e. The topological polar surface area (TPSA) is 84.9 Å². The molecule has 3 rings (SSSR count). The van der Waals surface area contributed by atoms with Gasteiger partial charge in [0.25, 0.3) is 5.91 Å². The third kappa shape index (κ3) is 4.34. The number of fused-ring (bicyclic) bond motifs is 1. The Bertz CT molecular complexity index is 867.